The number of nitrogens with zero attached hydrogens (tertiary/aromatic N) is 4. The highest BCUT2D eigenvalue weighted by Gasteiger charge is 2.25. The molecule has 0 spiro atoms. The minimum Gasteiger partial charge on any atom is -0.376 e. The van der Waals surface area contributed by atoms with Crippen LogP contribution in [0.15, 0.2) is 35.3 Å². The van der Waals surface area contributed by atoms with Crippen LogP contribution in [0.2, 0.25) is 0 Å². The molecule has 166 valence electrons. The van der Waals surface area contributed by atoms with Gasteiger partial charge in [-0.15, -0.1) is 0 Å². The summed E-state index contributed by atoms with van der Waals surface area (Å²) in [7, 11) is 0. The van der Waals surface area contributed by atoms with Crippen molar-refractivity contribution < 1.29 is 9.53 Å². The molecule has 0 radical (unpaired) electrons. The van der Waals surface area contributed by atoms with Gasteiger partial charge in [0.1, 0.15) is 0 Å². The van der Waals surface area contributed by atoms with Crippen molar-refractivity contribution in [1.82, 2.24) is 20.0 Å². The summed E-state index contributed by atoms with van der Waals surface area (Å²) < 4.78 is 5.96. The normalized spacial score (nSPS) is 20.6. The minimum atomic E-state index is 0.179. The zero-order valence-corrected chi connectivity index (χ0v) is 18.6. The minimum absolute atomic E-state index is 0.179. The first-order valence-corrected chi connectivity index (χ1v) is 11.3. The molecule has 2 fully saturated rings. The van der Waals surface area contributed by atoms with Gasteiger partial charge in [0.05, 0.1) is 19.8 Å². The third-order valence-electron chi connectivity index (χ3n) is 5.88. The molecule has 7 nitrogen and oxygen atoms in total. The quantitative estimate of drug-likeness (QED) is 0.517. The highest BCUT2D eigenvalue weighted by molar-refractivity contribution is 5.80. The van der Waals surface area contributed by atoms with Crippen molar-refractivity contribution in [3.63, 3.8) is 0 Å². The van der Waals surface area contributed by atoms with Crippen LogP contribution in [0.4, 0.5) is 0 Å². The standard InChI is InChI=1S/C23H37N5O2/c1-3-24-23(25-10-12-26-13-15-27(16-14-26)20(2)29)28-11-9-22(17-28)19-30-18-21-7-5-4-6-8-21/h4-8,22H,3,9-19H2,1-2H3,(H,24,25). The first-order chi connectivity index (χ1) is 14.7. The Hall–Kier alpha value is -2.12. The van der Waals surface area contributed by atoms with Gasteiger partial charge in [-0.25, -0.2) is 0 Å². The predicted octanol–water partition coefficient (Wildman–Crippen LogP) is 1.65. The largest absolute Gasteiger partial charge is 0.376 e. The summed E-state index contributed by atoms with van der Waals surface area (Å²) in [5.74, 6) is 1.75. The molecule has 30 heavy (non-hydrogen) atoms. The maximum Gasteiger partial charge on any atom is 0.219 e. The van der Waals surface area contributed by atoms with Crippen LogP contribution in [0.3, 0.4) is 0 Å². The molecule has 0 aliphatic carbocycles. The van der Waals surface area contributed by atoms with Gasteiger partial charge in [-0.2, -0.15) is 0 Å². The number of hydrogen-bond acceptors (Lipinski definition) is 4. The Morgan fingerprint density at radius 2 is 1.90 bits per heavy atom. The molecule has 0 saturated carbocycles. The van der Waals surface area contributed by atoms with Gasteiger partial charge in [-0.3, -0.25) is 14.7 Å². The molecular weight excluding hydrogens is 378 g/mol. The topological polar surface area (TPSA) is 60.4 Å². The molecular formula is C23H37N5O2. The van der Waals surface area contributed by atoms with Gasteiger partial charge < -0.3 is 19.9 Å². The van der Waals surface area contributed by atoms with Crippen LogP contribution in [0.1, 0.15) is 25.8 Å². The van der Waals surface area contributed by atoms with E-state index in [0.29, 0.717) is 12.5 Å². The highest BCUT2D eigenvalue weighted by atomic mass is 16.5. The average Bonchev–Trinajstić information content (AvgIpc) is 3.23. The molecule has 0 aromatic heterocycles. The number of ether oxygens (including phenoxy) is 1. The number of rotatable bonds is 8. The summed E-state index contributed by atoms with van der Waals surface area (Å²) in [5, 5.41) is 3.45. The molecule has 1 N–H and O–H groups in total. The number of carbonyl (C=O) groups excluding carboxylic acids is 1. The second kappa shape index (κ2) is 11.9. The molecule has 1 atom stereocenters. The van der Waals surface area contributed by atoms with E-state index in [9.17, 15) is 4.79 Å². The number of likely N-dealkylation sites (tertiary alicyclic amines) is 1. The zero-order valence-electron chi connectivity index (χ0n) is 18.6. The summed E-state index contributed by atoms with van der Waals surface area (Å²) in [5.41, 5.74) is 1.23. The molecule has 7 heteroatoms. The fourth-order valence-electron chi connectivity index (χ4n) is 4.09. The number of aliphatic imine (C=N–C) groups is 1. The fourth-order valence-corrected chi connectivity index (χ4v) is 4.09. The Labute approximate surface area is 181 Å². The van der Waals surface area contributed by atoms with Gasteiger partial charge in [-0.05, 0) is 18.9 Å². The van der Waals surface area contributed by atoms with E-state index in [1.54, 1.807) is 6.92 Å². The number of piperazine rings is 1. The van der Waals surface area contributed by atoms with E-state index < -0.39 is 0 Å². The first kappa shape index (κ1) is 22.6. The summed E-state index contributed by atoms with van der Waals surface area (Å²) in [4.78, 5) is 23.0. The SMILES string of the molecule is CCNC(=NCCN1CCN(C(C)=O)CC1)N1CCC(COCc2ccccc2)C1. The van der Waals surface area contributed by atoms with Crippen molar-refractivity contribution in [3.05, 3.63) is 35.9 Å². The third-order valence-corrected chi connectivity index (χ3v) is 5.88. The first-order valence-electron chi connectivity index (χ1n) is 11.3. The number of benzene rings is 1. The second-order valence-electron chi connectivity index (χ2n) is 8.18. The van der Waals surface area contributed by atoms with Crippen LogP contribution >= 0.6 is 0 Å². The second-order valence-corrected chi connectivity index (χ2v) is 8.18. The summed E-state index contributed by atoms with van der Waals surface area (Å²) >= 11 is 0. The molecule has 2 aliphatic rings. The number of guanidine groups is 1. The molecule has 1 aromatic carbocycles. The number of nitrogens with one attached hydrogen (secondary N) is 1. The van der Waals surface area contributed by atoms with Gasteiger partial charge in [0.2, 0.25) is 5.91 Å². The lowest BCUT2D eigenvalue weighted by Gasteiger charge is -2.33. The van der Waals surface area contributed by atoms with Crippen molar-refractivity contribution >= 4 is 11.9 Å². The summed E-state index contributed by atoms with van der Waals surface area (Å²) in [6.45, 7) is 13.4. The van der Waals surface area contributed by atoms with Crippen LogP contribution in [-0.2, 0) is 16.1 Å². The predicted molar refractivity (Wildman–Crippen MR) is 120 cm³/mol. The smallest absolute Gasteiger partial charge is 0.219 e. The van der Waals surface area contributed by atoms with Gasteiger partial charge >= 0.3 is 0 Å². The number of carbonyl (C=O) groups is 1. The van der Waals surface area contributed by atoms with Crippen molar-refractivity contribution in [1.29, 1.82) is 0 Å². The molecule has 2 saturated heterocycles. The summed E-state index contributed by atoms with van der Waals surface area (Å²) in [6, 6.07) is 10.4. The van der Waals surface area contributed by atoms with Crippen LogP contribution in [-0.4, -0.2) is 92.1 Å². The third kappa shape index (κ3) is 6.99. The monoisotopic (exact) mass is 415 g/mol. The Kier molecular flexibility index (Phi) is 8.96. The van der Waals surface area contributed by atoms with Gasteiger partial charge in [0.25, 0.3) is 0 Å². The highest BCUT2D eigenvalue weighted by Crippen LogP contribution is 2.17. The number of amides is 1. The lowest BCUT2D eigenvalue weighted by Crippen LogP contribution is -2.48. The Bertz CT molecular complexity index is 673. The molecule has 3 rings (SSSR count). The van der Waals surface area contributed by atoms with Crippen molar-refractivity contribution in [2.45, 2.75) is 26.9 Å². The van der Waals surface area contributed by atoms with E-state index >= 15 is 0 Å². The Morgan fingerprint density at radius 1 is 1.13 bits per heavy atom. The molecule has 0 bridgehead atoms. The van der Waals surface area contributed by atoms with Crippen LogP contribution in [0.25, 0.3) is 0 Å². The Balaban J connectivity index is 1.39. The molecule has 1 unspecified atom stereocenters. The van der Waals surface area contributed by atoms with Gasteiger partial charge in [-0.1, -0.05) is 30.3 Å². The number of hydrogen-bond donors (Lipinski definition) is 1. The molecule has 1 aromatic rings. The molecule has 2 heterocycles. The van der Waals surface area contributed by atoms with E-state index in [2.05, 4.69) is 46.3 Å². The van der Waals surface area contributed by atoms with E-state index in [4.69, 9.17) is 9.73 Å². The maximum absolute atomic E-state index is 11.5. The van der Waals surface area contributed by atoms with Crippen LogP contribution in [0.5, 0.6) is 0 Å². The van der Waals surface area contributed by atoms with Crippen molar-refractivity contribution in [2.24, 2.45) is 10.9 Å². The van der Waals surface area contributed by atoms with E-state index in [1.165, 1.54) is 5.56 Å². The van der Waals surface area contributed by atoms with Crippen molar-refractivity contribution in [2.75, 3.05) is 65.5 Å². The fraction of sp³-hybridized carbons (Fsp3) is 0.652. The van der Waals surface area contributed by atoms with Gasteiger partial charge in [0.15, 0.2) is 5.96 Å². The Morgan fingerprint density at radius 3 is 2.60 bits per heavy atom. The van der Waals surface area contributed by atoms with Crippen LogP contribution < -0.4 is 5.32 Å². The average molecular weight is 416 g/mol. The van der Waals surface area contributed by atoms with Crippen LogP contribution in [0, 0.1) is 5.92 Å². The zero-order chi connectivity index (χ0) is 21.2. The van der Waals surface area contributed by atoms with Gasteiger partial charge in [0, 0.05) is 65.2 Å². The van der Waals surface area contributed by atoms with Crippen molar-refractivity contribution in [3.8, 4) is 0 Å². The van der Waals surface area contributed by atoms with E-state index in [0.717, 1.165) is 77.9 Å². The summed E-state index contributed by atoms with van der Waals surface area (Å²) in [6.07, 6.45) is 1.15. The molecule has 2 aliphatic heterocycles. The van der Waals surface area contributed by atoms with E-state index in [1.807, 2.05) is 11.0 Å². The lowest BCUT2D eigenvalue weighted by atomic mass is 10.1. The molecule has 1 amide bonds. The van der Waals surface area contributed by atoms with E-state index in [-0.39, 0.29) is 5.91 Å². The lowest BCUT2D eigenvalue weighted by molar-refractivity contribution is -0.130. The maximum atomic E-state index is 11.5.